The van der Waals surface area contributed by atoms with Gasteiger partial charge in [-0.1, -0.05) is 92.6 Å². The summed E-state index contributed by atoms with van der Waals surface area (Å²) in [5.74, 6) is 0.575. The fourth-order valence-corrected chi connectivity index (χ4v) is 4.93. The molecule has 0 saturated heterocycles. The van der Waals surface area contributed by atoms with Crippen molar-refractivity contribution in [1.82, 2.24) is 14.1 Å². The molecule has 5 aromatic rings. The van der Waals surface area contributed by atoms with Crippen molar-refractivity contribution in [2.24, 2.45) is 0 Å². The molecule has 0 radical (unpaired) electrons. The van der Waals surface area contributed by atoms with Crippen LogP contribution in [0.25, 0.3) is 16.7 Å². The molecule has 0 spiro atoms. The molecule has 2 N–H and O–H groups in total. The first-order valence-electron chi connectivity index (χ1n) is 12.8. The van der Waals surface area contributed by atoms with E-state index in [2.05, 4.69) is 108 Å². The number of fused-ring (bicyclic) bond motifs is 4. The molecule has 2 aromatic heterocycles. The van der Waals surface area contributed by atoms with Crippen molar-refractivity contribution in [3.05, 3.63) is 76.3 Å². The average molecular weight is 486 g/mol. The van der Waals surface area contributed by atoms with E-state index < -0.39 is 0 Å². The first-order valence-corrected chi connectivity index (χ1v) is 12.8. The lowest BCUT2D eigenvalue weighted by Gasteiger charge is -2.28. The van der Waals surface area contributed by atoms with E-state index >= 15 is 0 Å². The number of phenolic OH excluding ortho intramolecular Hbond substituents is 2. The van der Waals surface area contributed by atoms with Crippen molar-refractivity contribution in [1.29, 1.82) is 0 Å². The van der Waals surface area contributed by atoms with Gasteiger partial charge < -0.3 is 10.2 Å². The van der Waals surface area contributed by atoms with Crippen molar-refractivity contribution in [2.75, 3.05) is 0 Å². The van der Waals surface area contributed by atoms with Crippen LogP contribution in [-0.4, -0.2) is 24.3 Å². The lowest BCUT2D eigenvalue weighted by molar-refractivity contribution is 0.437. The van der Waals surface area contributed by atoms with Crippen LogP contribution in [0, 0.1) is 0 Å². The Kier molecular flexibility index (Phi) is 5.13. The largest absolute Gasteiger partial charge is 0.507 e. The number of benzene rings is 3. The van der Waals surface area contributed by atoms with E-state index in [-0.39, 0.29) is 22.0 Å². The molecule has 5 heteroatoms. The molecule has 0 aliphatic rings. The van der Waals surface area contributed by atoms with E-state index in [1.807, 2.05) is 16.9 Å². The fourth-order valence-electron chi connectivity index (χ4n) is 4.93. The van der Waals surface area contributed by atoms with Crippen molar-refractivity contribution in [2.45, 2.75) is 85.0 Å². The first-order chi connectivity index (χ1) is 16.6. The van der Waals surface area contributed by atoms with Gasteiger partial charge in [0.15, 0.2) is 0 Å². The highest BCUT2D eigenvalue weighted by Gasteiger charge is 2.30. The summed E-state index contributed by atoms with van der Waals surface area (Å²) < 4.78 is 4.13. The van der Waals surface area contributed by atoms with Crippen molar-refractivity contribution < 1.29 is 10.2 Å². The van der Waals surface area contributed by atoms with Gasteiger partial charge in [-0.15, -0.1) is 14.1 Å². The zero-order valence-corrected chi connectivity index (χ0v) is 23.1. The Balaban J connectivity index is 1.69. The van der Waals surface area contributed by atoms with Gasteiger partial charge in [-0.05, 0) is 56.7 Å². The number of aromatic hydroxyl groups is 2. The molecule has 3 aromatic carbocycles. The van der Waals surface area contributed by atoms with Gasteiger partial charge in [-0.25, -0.2) is 0 Å². The molecule has 5 rings (SSSR count). The van der Waals surface area contributed by atoms with Gasteiger partial charge in [-0.3, -0.25) is 0 Å². The molecular weight excluding hydrogens is 446 g/mol. The molecular formula is C31H39N3O2. The van der Waals surface area contributed by atoms with E-state index in [1.54, 1.807) is 0 Å². The molecule has 36 heavy (non-hydrogen) atoms. The highest BCUT2D eigenvalue weighted by Crippen LogP contribution is 2.41. The van der Waals surface area contributed by atoms with E-state index in [0.717, 1.165) is 39.0 Å². The molecule has 0 aliphatic carbocycles. The second kappa shape index (κ2) is 7.58. The lowest BCUT2D eigenvalue weighted by atomic mass is 9.78. The van der Waals surface area contributed by atoms with Gasteiger partial charge in [0.1, 0.15) is 28.2 Å². The molecule has 190 valence electrons. The van der Waals surface area contributed by atoms with E-state index in [0.29, 0.717) is 12.2 Å². The minimum absolute atomic E-state index is 0.0613. The zero-order chi connectivity index (χ0) is 26.4. The molecule has 0 fully saturated rings. The molecule has 5 nitrogen and oxygen atoms in total. The number of hydrogen-bond acceptors (Lipinski definition) is 2. The van der Waals surface area contributed by atoms with Gasteiger partial charge in [0.25, 0.3) is 0 Å². The molecule has 0 saturated carbocycles. The Morgan fingerprint density at radius 1 is 0.611 bits per heavy atom. The van der Waals surface area contributed by atoms with Crippen LogP contribution in [0.1, 0.15) is 90.1 Å². The predicted octanol–water partition coefficient (Wildman–Crippen LogP) is 7.32. The molecule has 2 heterocycles. The van der Waals surface area contributed by atoms with Crippen LogP contribution in [0.3, 0.4) is 0 Å². The van der Waals surface area contributed by atoms with Crippen LogP contribution in [0.15, 0.2) is 48.5 Å². The van der Waals surface area contributed by atoms with Gasteiger partial charge in [-0.2, -0.15) is 0 Å². The third-order valence-electron chi connectivity index (χ3n) is 7.31. The van der Waals surface area contributed by atoms with Gasteiger partial charge in [0.05, 0.1) is 0 Å². The summed E-state index contributed by atoms with van der Waals surface area (Å²) in [6.45, 7) is 19.5. The summed E-state index contributed by atoms with van der Waals surface area (Å²) in [7, 11) is 0. The van der Waals surface area contributed by atoms with Crippen LogP contribution < -0.4 is 0 Å². The summed E-state index contributed by atoms with van der Waals surface area (Å²) in [6, 6.07) is 16.7. The zero-order valence-electron chi connectivity index (χ0n) is 23.1. The van der Waals surface area contributed by atoms with Crippen molar-refractivity contribution >= 4 is 11.0 Å². The Morgan fingerprint density at radius 3 is 1.56 bits per heavy atom. The summed E-state index contributed by atoms with van der Waals surface area (Å²) in [5.41, 5.74) is 7.58. The van der Waals surface area contributed by atoms with Crippen LogP contribution >= 0.6 is 0 Å². The maximum atomic E-state index is 11.6. The van der Waals surface area contributed by atoms with Crippen LogP contribution in [0.4, 0.5) is 0 Å². The molecule has 0 unspecified atom stereocenters. The summed E-state index contributed by atoms with van der Waals surface area (Å²) in [5, 5.41) is 23.0. The number of aromatic nitrogens is 3. The average Bonchev–Trinajstić information content (AvgIpc) is 3.40. The van der Waals surface area contributed by atoms with Crippen molar-refractivity contribution in [3.8, 4) is 17.2 Å². The summed E-state index contributed by atoms with van der Waals surface area (Å²) in [4.78, 5) is 2.02. The third-order valence-corrected chi connectivity index (χ3v) is 7.31. The van der Waals surface area contributed by atoms with Crippen LogP contribution in [0.2, 0.25) is 0 Å². The summed E-state index contributed by atoms with van der Waals surface area (Å²) in [6.07, 6.45) is 0.447. The highest BCUT2D eigenvalue weighted by atomic mass is 16.3. The lowest BCUT2D eigenvalue weighted by Crippen LogP contribution is -2.18. The molecule has 0 aliphatic heterocycles. The molecule has 0 amide bonds. The maximum Gasteiger partial charge on any atom is 0.146 e. The fraction of sp³-hybridized carbons (Fsp3) is 0.419. The minimum atomic E-state index is -0.203. The Bertz CT molecular complexity index is 1530. The van der Waals surface area contributed by atoms with E-state index in [4.69, 9.17) is 0 Å². The van der Waals surface area contributed by atoms with Gasteiger partial charge in [0.2, 0.25) is 0 Å². The number of nitrogens with zero attached hydrogens (tertiary/aromatic N) is 3. The highest BCUT2D eigenvalue weighted by molar-refractivity contribution is 5.79. The number of phenols is 2. The summed E-state index contributed by atoms with van der Waals surface area (Å²) >= 11 is 0. The number of hydrogen-bond donors (Lipinski definition) is 2. The molecule has 0 bridgehead atoms. The van der Waals surface area contributed by atoms with E-state index in [9.17, 15) is 10.2 Å². The second-order valence-electron chi connectivity index (χ2n) is 13.3. The van der Waals surface area contributed by atoms with Gasteiger partial charge >= 0.3 is 0 Å². The molecule has 0 atom stereocenters. The Morgan fingerprint density at radius 2 is 1.08 bits per heavy atom. The van der Waals surface area contributed by atoms with Crippen molar-refractivity contribution in [3.63, 3.8) is 0 Å². The van der Waals surface area contributed by atoms with Crippen LogP contribution in [0.5, 0.6) is 11.5 Å². The van der Waals surface area contributed by atoms with E-state index in [1.165, 1.54) is 5.56 Å². The standard InChI is InChI=1S/C31H39N3O2/c1-29(2,3)21-15-19(27(35)23(17-21)31(7,8)9)14-20-16-22(30(4,5)6)18-26(28(20)36)34-32-24-12-10-11-13-25(24)33(32)34/h10-13,15-18,35-36H,14H2,1-9H3. The predicted molar refractivity (Wildman–Crippen MR) is 148 cm³/mol. The Labute approximate surface area is 213 Å². The number of para-hydroxylation sites is 2. The SMILES string of the molecule is CC(C)(C)c1cc(Cc2cc(C(C)(C)C)cc(C(C)(C)C)c2O)c(O)c(-n2n3c4ccccc4n23)c1. The van der Waals surface area contributed by atoms with Gasteiger partial charge in [0, 0.05) is 12.0 Å². The second-order valence-corrected chi connectivity index (χ2v) is 13.3. The quantitative estimate of drug-likeness (QED) is 0.281. The monoisotopic (exact) mass is 485 g/mol. The normalized spacial score (nSPS) is 13.5. The topological polar surface area (TPSA) is 54.2 Å². The maximum absolute atomic E-state index is 11.6. The smallest absolute Gasteiger partial charge is 0.146 e. The Hall–Kier alpha value is -3.34. The number of rotatable bonds is 3. The minimum Gasteiger partial charge on any atom is -0.507 e. The third kappa shape index (κ3) is 3.85. The van der Waals surface area contributed by atoms with Crippen LogP contribution in [-0.2, 0) is 22.7 Å². The first kappa shape index (κ1) is 24.4.